The van der Waals surface area contributed by atoms with E-state index in [4.69, 9.17) is 16.9 Å². The van der Waals surface area contributed by atoms with E-state index in [-0.39, 0.29) is 29.3 Å². The Morgan fingerprint density at radius 2 is 2.09 bits per heavy atom. The van der Waals surface area contributed by atoms with Crippen molar-refractivity contribution < 1.29 is 4.79 Å². The van der Waals surface area contributed by atoms with Gasteiger partial charge in [0.05, 0.1) is 12.0 Å². The fourth-order valence-electron chi connectivity index (χ4n) is 4.86. The number of benzene rings is 1. The number of pyridine rings is 1. The molecule has 1 saturated heterocycles. The highest BCUT2D eigenvalue weighted by Gasteiger charge is 2.40. The van der Waals surface area contributed by atoms with Gasteiger partial charge in [0, 0.05) is 49.9 Å². The molecule has 1 amide bonds. The Kier molecular flexibility index (Phi) is 7.21. The third-order valence-corrected chi connectivity index (χ3v) is 7.42. The van der Waals surface area contributed by atoms with Crippen molar-refractivity contribution in [1.82, 2.24) is 14.8 Å². The molecule has 1 aromatic heterocycles. The largest absolute Gasteiger partial charge is 0.335 e. The van der Waals surface area contributed by atoms with Crippen LogP contribution in [0.15, 0.2) is 35.3 Å². The maximum absolute atomic E-state index is 13.9. The molecule has 1 aliphatic heterocycles. The topological polar surface area (TPSA) is 78.1 Å². The van der Waals surface area contributed by atoms with Crippen LogP contribution in [0.4, 0.5) is 0 Å². The highest BCUT2D eigenvalue weighted by atomic mass is 35.5. The predicted octanol–water partition coefficient (Wildman–Crippen LogP) is 3.69. The number of hydrogen-bond acceptors (Lipinski definition) is 4. The monoisotopic (exact) mass is 466 g/mol. The molecule has 2 unspecified atom stereocenters. The van der Waals surface area contributed by atoms with Crippen molar-refractivity contribution in [2.75, 3.05) is 13.1 Å². The molecule has 33 heavy (non-hydrogen) atoms. The molecular weight excluding hydrogens is 436 g/mol. The van der Waals surface area contributed by atoms with Crippen LogP contribution in [0.2, 0.25) is 5.02 Å². The Balaban J connectivity index is 1.61. The SMILES string of the molecule is Cc1cc(CCC#N)cc(CN(C(=O)C2CNCCC2c2ccn(C)c(=O)c2)C2CC2)c1Cl. The summed E-state index contributed by atoms with van der Waals surface area (Å²) >= 11 is 6.66. The Labute approximate surface area is 200 Å². The Hall–Kier alpha value is -2.62. The van der Waals surface area contributed by atoms with Gasteiger partial charge in [-0.3, -0.25) is 9.59 Å². The molecule has 0 bridgehead atoms. The van der Waals surface area contributed by atoms with Gasteiger partial charge in [-0.15, -0.1) is 0 Å². The van der Waals surface area contributed by atoms with Gasteiger partial charge in [-0.25, -0.2) is 0 Å². The maximum Gasteiger partial charge on any atom is 0.250 e. The molecule has 0 radical (unpaired) electrons. The number of aryl methyl sites for hydroxylation is 3. The van der Waals surface area contributed by atoms with E-state index in [0.29, 0.717) is 31.0 Å². The summed E-state index contributed by atoms with van der Waals surface area (Å²) in [5, 5.41) is 13.0. The van der Waals surface area contributed by atoms with Crippen LogP contribution in [0.1, 0.15) is 53.9 Å². The molecule has 1 N–H and O–H groups in total. The lowest BCUT2D eigenvalue weighted by Crippen LogP contribution is -2.47. The van der Waals surface area contributed by atoms with Crippen molar-refractivity contribution in [3.05, 3.63) is 68.1 Å². The number of nitrogens with zero attached hydrogens (tertiary/aromatic N) is 3. The normalized spacial score (nSPS) is 20.3. The first-order valence-electron chi connectivity index (χ1n) is 11.7. The van der Waals surface area contributed by atoms with Crippen molar-refractivity contribution in [2.45, 2.75) is 57.5 Å². The highest BCUT2D eigenvalue weighted by molar-refractivity contribution is 6.32. The van der Waals surface area contributed by atoms with E-state index in [9.17, 15) is 9.59 Å². The number of aromatic nitrogens is 1. The van der Waals surface area contributed by atoms with Gasteiger partial charge in [0.15, 0.2) is 0 Å². The number of hydrogen-bond donors (Lipinski definition) is 1. The molecular formula is C26H31ClN4O2. The number of amides is 1. The second kappa shape index (κ2) is 10.1. The predicted molar refractivity (Wildman–Crippen MR) is 129 cm³/mol. The van der Waals surface area contributed by atoms with E-state index in [1.807, 2.05) is 30.0 Å². The summed E-state index contributed by atoms with van der Waals surface area (Å²) in [6.45, 7) is 3.89. The zero-order valence-corrected chi connectivity index (χ0v) is 20.1. The van der Waals surface area contributed by atoms with E-state index in [0.717, 1.165) is 48.1 Å². The number of carbonyl (C=O) groups excluding carboxylic acids is 1. The summed E-state index contributed by atoms with van der Waals surface area (Å²) in [7, 11) is 1.74. The van der Waals surface area contributed by atoms with Crippen molar-refractivity contribution in [1.29, 1.82) is 5.26 Å². The van der Waals surface area contributed by atoms with Crippen LogP contribution >= 0.6 is 11.6 Å². The second-order valence-corrected chi connectivity index (χ2v) is 9.73. The average molecular weight is 467 g/mol. The number of carbonyl (C=O) groups is 1. The first kappa shape index (κ1) is 23.5. The van der Waals surface area contributed by atoms with Crippen molar-refractivity contribution in [3.8, 4) is 6.07 Å². The summed E-state index contributed by atoms with van der Waals surface area (Å²) in [5.74, 6) is -0.0623. The quantitative estimate of drug-likeness (QED) is 0.675. The Morgan fingerprint density at radius 3 is 2.79 bits per heavy atom. The molecule has 2 aliphatic rings. The van der Waals surface area contributed by atoms with Crippen molar-refractivity contribution in [2.24, 2.45) is 13.0 Å². The van der Waals surface area contributed by atoms with Crippen LogP contribution in [0, 0.1) is 24.2 Å². The molecule has 174 valence electrons. The van der Waals surface area contributed by atoms with Gasteiger partial charge in [0.2, 0.25) is 5.91 Å². The number of nitrogens with one attached hydrogen (secondary N) is 1. The van der Waals surface area contributed by atoms with Crippen LogP contribution in [-0.2, 0) is 24.8 Å². The molecule has 0 spiro atoms. The molecule has 1 aliphatic carbocycles. The third kappa shape index (κ3) is 5.31. The van der Waals surface area contributed by atoms with E-state index in [2.05, 4.69) is 11.4 Å². The van der Waals surface area contributed by atoms with Gasteiger partial charge in [0.25, 0.3) is 5.56 Å². The van der Waals surface area contributed by atoms with Crippen molar-refractivity contribution in [3.63, 3.8) is 0 Å². The summed E-state index contributed by atoms with van der Waals surface area (Å²) in [5.41, 5.74) is 3.89. The zero-order chi connectivity index (χ0) is 23.5. The van der Waals surface area contributed by atoms with Crippen LogP contribution < -0.4 is 10.9 Å². The van der Waals surface area contributed by atoms with Crippen LogP contribution in [0.25, 0.3) is 0 Å². The number of rotatable bonds is 7. The minimum absolute atomic E-state index is 0.0214. The summed E-state index contributed by atoms with van der Waals surface area (Å²) < 4.78 is 1.56. The smallest absolute Gasteiger partial charge is 0.250 e. The lowest BCUT2D eigenvalue weighted by Gasteiger charge is -2.36. The second-order valence-electron chi connectivity index (χ2n) is 9.36. The summed E-state index contributed by atoms with van der Waals surface area (Å²) in [6.07, 6.45) is 5.76. The minimum atomic E-state index is -0.215. The minimum Gasteiger partial charge on any atom is -0.335 e. The average Bonchev–Trinajstić information content (AvgIpc) is 3.65. The van der Waals surface area contributed by atoms with Gasteiger partial charge in [0.1, 0.15) is 0 Å². The molecule has 1 saturated carbocycles. The zero-order valence-electron chi connectivity index (χ0n) is 19.3. The fourth-order valence-corrected chi connectivity index (χ4v) is 5.03. The lowest BCUT2D eigenvalue weighted by molar-refractivity contribution is -0.138. The van der Waals surface area contributed by atoms with Gasteiger partial charge in [-0.2, -0.15) is 5.26 Å². The Bertz CT molecular complexity index is 1130. The van der Waals surface area contributed by atoms with E-state index in [1.165, 1.54) is 0 Å². The number of piperidine rings is 1. The van der Waals surface area contributed by atoms with Gasteiger partial charge in [-0.1, -0.05) is 23.7 Å². The van der Waals surface area contributed by atoms with Crippen LogP contribution in [-0.4, -0.2) is 34.5 Å². The molecule has 7 heteroatoms. The molecule has 2 aromatic rings. The third-order valence-electron chi connectivity index (χ3n) is 6.88. The first-order chi connectivity index (χ1) is 15.9. The van der Waals surface area contributed by atoms with Gasteiger partial charge in [-0.05, 0) is 73.4 Å². The standard InChI is InChI=1S/C26H31ClN4O2/c1-17-12-18(4-3-9-28)13-20(25(17)27)16-31(21-5-6-21)26(33)23-15-29-10-7-22(23)19-8-11-30(2)24(32)14-19/h8,11-14,21-23,29H,3-7,10,15-16H2,1-2H3. The molecule has 1 aromatic carbocycles. The highest BCUT2D eigenvalue weighted by Crippen LogP contribution is 2.37. The number of halogens is 1. The van der Waals surface area contributed by atoms with Crippen LogP contribution in [0.3, 0.4) is 0 Å². The summed E-state index contributed by atoms with van der Waals surface area (Å²) in [6, 6.07) is 10.2. The van der Waals surface area contributed by atoms with E-state index in [1.54, 1.807) is 23.9 Å². The molecule has 2 fully saturated rings. The first-order valence-corrected chi connectivity index (χ1v) is 12.1. The Morgan fingerprint density at radius 1 is 1.30 bits per heavy atom. The number of nitriles is 1. The van der Waals surface area contributed by atoms with E-state index >= 15 is 0 Å². The maximum atomic E-state index is 13.9. The fraction of sp³-hybridized carbons (Fsp3) is 0.500. The van der Waals surface area contributed by atoms with Crippen molar-refractivity contribution >= 4 is 17.5 Å². The molecule has 2 heterocycles. The van der Waals surface area contributed by atoms with Gasteiger partial charge >= 0.3 is 0 Å². The van der Waals surface area contributed by atoms with Gasteiger partial charge < -0.3 is 14.8 Å². The summed E-state index contributed by atoms with van der Waals surface area (Å²) in [4.78, 5) is 28.1. The molecule has 4 rings (SSSR count). The molecule has 2 atom stereocenters. The van der Waals surface area contributed by atoms with E-state index < -0.39 is 0 Å². The lowest BCUT2D eigenvalue weighted by atomic mass is 9.80. The van der Waals surface area contributed by atoms with Crippen LogP contribution in [0.5, 0.6) is 0 Å². The molecule has 6 nitrogen and oxygen atoms in total.